The summed E-state index contributed by atoms with van der Waals surface area (Å²) in [5.74, 6) is 0.198. The van der Waals surface area contributed by atoms with Crippen molar-refractivity contribution in [3.05, 3.63) is 30.1 Å². The SMILES string of the molecule is CN(C)CCN(Cc1cccnc1)C(=O)CCCCN. The van der Waals surface area contributed by atoms with E-state index in [4.69, 9.17) is 5.73 Å². The molecule has 20 heavy (non-hydrogen) atoms. The fourth-order valence-corrected chi connectivity index (χ4v) is 1.90. The molecule has 0 fully saturated rings. The molecule has 0 atom stereocenters. The number of hydrogen-bond acceptors (Lipinski definition) is 4. The predicted molar refractivity (Wildman–Crippen MR) is 81.1 cm³/mol. The Morgan fingerprint density at radius 1 is 1.30 bits per heavy atom. The number of likely N-dealkylation sites (N-methyl/N-ethyl adjacent to an activating group) is 1. The normalized spacial score (nSPS) is 10.8. The zero-order valence-electron chi connectivity index (χ0n) is 12.6. The highest BCUT2D eigenvalue weighted by molar-refractivity contribution is 5.76. The van der Waals surface area contributed by atoms with Crippen molar-refractivity contribution >= 4 is 5.91 Å². The third-order valence-electron chi connectivity index (χ3n) is 3.11. The van der Waals surface area contributed by atoms with E-state index in [1.54, 1.807) is 6.20 Å². The summed E-state index contributed by atoms with van der Waals surface area (Å²) in [7, 11) is 4.03. The summed E-state index contributed by atoms with van der Waals surface area (Å²) in [5, 5.41) is 0. The summed E-state index contributed by atoms with van der Waals surface area (Å²) in [5.41, 5.74) is 6.54. The van der Waals surface area contributed by atoms with Crippen molar-refractivity contribution in [2.75, 3.05) is 33.7 Å². The number of aromatic nitrogens is 1. The van der Waals surface area contributed by atoms with Crippen LogP contribution in [0.15, 0.2) is 24.5 Å². The quantitative estimate of drug-likeness (QED) is 0.687. The van der Waals surface area contributed by atoms with Gasteiger partial charge in [0.15, 0.2) is 0 Å². The lowest BCUT2D eigenvalue weighted by Gasteiger charge is -2.24. The number of nitrogens with zero attached hydrogens (tertiary/aromatic N) is 3. The minimum absolute atomic E-state index is 0.198. The first-order chi connectivity index (χ1) is 9.63. The van der Waals surface area contributed by atoms with Gasteiger partial charge in [0.25, 0.3) is 0 Å². The molecule has 0 radical (unpaired) electrons. The van der Waals surface area contributed by atoms with Crippen molar-refractivity contribution < 1.29 is 4.79 Å². The zero-order chi connectivity index (χ0) is 14.8. The van der Waals surface area contributed by atoms with Gasteiger partial charge in [-0.2, -0.15) is 0 Å². The lowest BCUT2D eigenvalue weighted by atomic mass is 10.2. The number of hydrogen-bond donors (Lipinski definition) is 1. The van der Waals surface area contributed by atoms with E-state index in [9.17, 15) is 4.79 Å². The first kappa shape index (κ1) is 16.6. The third kappa shape index (κ3) is 6.63. The standard InChI is InChI=1S/C15H26N4O/c1-18(2)10-11-19(15(20)7-3-4-8-16)13-14-6-5-9-17-12-14/h5-6,9,12H,3-4,7-8,10-11,13,16H2,1-2H3. The summed E-state index contributed by atoms with van der Waals surface area (Å²) in [6.07, 6.45) is 5.90. The summed E-state index contributed by atoms with van der Waals surface area (Å²) >= 11 is 0. The second-order valence-electron chi connectivity index (χ2n) is 5.23. The Labute approximate surface area is 121 Å². The first-order valence-electron chi connectivity index (χ1n) is 7.15. The van der Waals surface area contributed by atoms with Crippen LogP contribution in [0.4, 0.5) is 0 Å². The van der Waals surface area contributed by atoms with Gasteiger partial charge in [-0.15, -0.1) is 0 Å². The molecular formula is C15H26N4O. The molecule has 2 N–H and O–H groups in total. The molecular weight excluding hydrogens is 252 g/mol. The van der Waals surface area contributed by atoms with Crippen molar-refractivity contribution in [2.45, 2.75) is 25.8 Å². The molecule has 0 saturated heterocycles. The van der Waals surface area contributed by atoms with Gasteiger partial charge >= 0.3 is 0 Å². The fourth-order valence-electron chi connectivity index (χ4n) is 1.90. The van der Waals surface area contributed by atoms with Gasteiger partial charge in [0, 0.05) is 38.4 Å². The van der Waals surface area contributed by atoms with Gasteiger partial charge in [-0.3, -0.25) is 9.78 Å². The molecule has 0 bridgehead atoms. The smallest absolute Gasteiger partial charge is 0.222 e. The van der Waals surface area contributed by atoms with Crippen LogP contribution < -0.4 is 5.73 Å². The molecule has 0 aliphatic heterocycles. The Balaban J connectivity index is 2.57. The van der Waals surface area contributed by atoms with E-state index in [0.29, 0.717) is 19.5 Å². The molecule has 5 heteroatoms. The van der Waals surface area contributed by atoms with Crippen LogP contribution in [-0.4, -0.2) is 54.4 Å². The summed E-state index contributed by atoms with van der Waals surface area (Å²) in [6.45, 7) is 2.88. The summed E-state index contributed by atoms with van der Waals surface area (Å²) in [6, 6.07) is 3.90. The van der Waals surface area contributed by atoms with E-state index in [0.717, 1.165) is 31.5 Å². The van der Waals surface area contributed by atoms with E-state index in [2.05, 4.69) is 9.88 Å². The van der Waals surface area contributed by atoms with Crippen LogP contribution in [0.1, 0.15) is 24.8 Å². The van der Waals surface area contributed by atoms with Gasteiger partial charge in [-0.1, -0.05) is 6.07 Å². The van der Waals surface area contributed by atoms with Crippen molar-refractivity contribution in [3.63, 3.8) is 0 Å². The molecule has 1 aromatic heterocycles. The molecule has 0 saturated carbocycles. The van der Waals surface area contributed by atoms with Crippen molar-refractivity contribution in [1.82, 2.24) is 14.8 Å². The first-order valence-corrected chi connectivity index (χ1v) is 7.15. The topological polar surface area (TPSA) is 62.5 Å². The van der Waals surface area contributed by atoms with Crippen LogP contribution in [0.5, 0.6) is 0 Å². The van der Waals surface area contributed by atoms with Gasteiger partial charge in [0.1, 0.15) is 0 Å². The Morgan fingerprint density at radius 3 is 2.70 bits per heavy atom. The Hall–Kier alpha value is -1.46. The monoisotopic (exact) mass is 278 g/mol. The average Bonchev–Trinajstić information content (AvgIpc) is 2.44. The van der Waals surface area contributed by atoms with E-state index < -0.39 is 0 Å². The highest BCUT2D eigenvalue weighted by atomic mass is 16.2. The molecule has 0 aromatic carbocycles. The van der Waals surface area contributed by atoms with Crippen LogP contribution in [0, 0.1) is 0 Å². The number of carbonyl (C=O) groups excluding carboxylic acids is 1. The Bertz CT molecular complexity index is 381. The number of nitrogens with two attached hydrogens (primary N) is 1. The maximum atomic E-state index is 12.3. The third-order valence-corrected chi connectivity index (χ3v) is 3.11. The minimum Gasteiger partial charge on any atom is -0.337 e. The van der Waals surface area contributed by atoms with Gasteiger partial charge in [0.2, 0.25) is 5.91 Å². The van der Waals surface area contributed by atoms with Crippen LogP contribution in [-0.2, 0) is 11.3 Å². The van der Waals surface area contributed by atoms with Crippen LogP contribution >= 0.6 is 0 Å². The van der Waals surface area contributed by atoms with Gasteiger partial charge < -0.3 is 15.5 Å². The number of rotatable bonds is 9. The molecule has 0 unspecified atom stereocenters. The summed E-state index contributed by atoms with van der Waals surface area (Å²) < 4.78 is 0. The minimum atomic E-state index is 0.198. The van der Waals surface area contributed by atoms with Crippen molar-refractivity contribution in [3.8, 4) is 0 Å². The number of unbranched alkanes of at least 4 members (excludes halogenated alkanes) is 1. The second-order valence-corrected chi connectivity index (χ2v) is 5.23. The van der Waals surface area contributed by atoms with Crippen LogP contribution in [0.3, 0.4) is 0 Å². The molecule has 1 rings (SSSR count). The van der Waals surface area contributed by atoms with Gasteiger partial charge in [0.05, 0.1) is 0 Å². The highest BCUT2D eigenvalue weighted by Gasteiger charge is 2.13. The van der Waals surface area contributed by atoms with Crippen LogP contribution in [0.25, 0.3) is 0 Å². The van der Waals surface area contributed by atoms with Crippen molar-refractivity contribution in [1.29, 1.82) is 0 Å². The molecule has 1 amide bonds. The zero-order valence-corrected chi connectivity index (χ0v) is 12.6. The van der Waals surface area contributed by atoms with Crippen LogP contribution in [0.2, 0.25) is 0 Å². The van der Waals surface area contributed by atoms with E-state index in [-0.39, 0.29) is 5.91 Å². The van der Waals surface area contributed by atoms with Crippen molar-refractivity contribution in [2.24, 2.45) is 5.73 Å². The van der Waals surface area contributed by atoms with Gasteiger partial charge in [-0.05, 0) is 45.1 Å². The van der Waals surface area contributed by atoms with E-state index in [1.807, 2.05) is 37.3 Å². The van der Waals surface area contributed by atoms with E-state index in [1.165, 1.54) is 0 Å². The summed E-state index contributed by atoms with van der Waals surface area (Å²) in [4.78, 5) is 20.4. The lowest BCUT2D eigenvalue weighted by Crippen LogP contribution is -2.36. The fraction of sp³-hybridized carbons (Fsp3) is 0.600. The van der Waals surface area contributed by atoms with E-state index >= 15 is 0 Å². The maximum absolute atomic E-state index is 12.3. The number of carbonyl (C=O) groups is 1. The molecule has 1 heterocycles. The maximum Gasteiger partial charge on any atom is 0.222 e. The molecule has 0 aliphatic rings. The Kier molecular flexibility index (Phi) is 7.84. The highest BCUT2D eigenvalue weighted by Crippen LogP contribution is 2.07. The largest absolute Gasteiger partial charge is 0.337 e. The lowest BCUT2D eigenvalue weighted by molar-refractivity contribution is -0.132. The van der Waals surface area contributed by atoms with Gasteiger partial charge in [-0.25, -0.2) is 0 Å². The second kappa shape index (κ2) is 9.44. The molecule has 5 nitrogen and oxygen atoms in total. The molecule has 112 valence electrons. The number of pyridine rings is 1. The average molecular weight is 278 g/mol. The molecule has 1 aromatic rings. The Morgan fingerprint density at radius 2 is 2.10 bits per heavy atom. The molecule has 0 aliphatic carbocycles. The number of amides is 1. The molecule has 0 spiro atoms. The predicted octanol–water partition coefficient (Wildman–Crippen LogP) is 1.10.